The van der Waals surface area contributed by atoms with Crippen molar-refractivity contribution in [1.82, 2.24) is 9.80 Å². The lowest BCUT2D eigenvalue weighted by Crippen LogP contribution is -2.51. The first-order valence-corrected chi connectivity index (χ1v) is 7.80. The van der Waals surface area contributed by atoms with Crippen LogP contribution in [0.2, 0.25) is 0 Å². The normalized spacial score (nSPS) is 33.7. The summed E-state index contributed by atoms with van der Waals surface area (Å²) in [6.07, 6.45) is 7.88. The molecule has 110 valence electrons. The van der Waals surface area contributed by atoms with E-state index >= 15 is 0 Å². The molecule has 1 heterocycles. The minimum Gasteiger partial charge on any atom is -0.341 e. The molecule has 4 nitrogen and oxygen atoms in total. The molecular formula is C15H29N3O. The zero-order chi connectivity index (χ0) is 13.8. The lowest BCUT2D eigenvalue weighted by molar-refractivity contribution is -0.138. The molecule has 0 spiro atoms. The maximum atomic E-state index is 12.7. The molecule has 3 atom stereocenters. The van der Waals surface area contributed by atoms with Crippen LogP contribution in [-0.4, -0.2) is 55.0 Å². The number of rotatable bonds is 2. The summed E-state index contributed by atoms with van der Waals surface area (Å²) in [6, 6.07) is 0.445. The molecule has 1 amide bonds. The molecule has 2 rings (SSSR count). The fourth-order valence-corrected chi connectivity index (χ4v) is 3.54. The Kier molecular flexibility index (Phi) is 5.22. The maximum absolute atomic E-state index is 12.7. The van der Waals surface area contributed by atoms with Gasteiger partial charge in [0.1, 0.15) is 0 Å². The molecule has 2 fully saturated rings. The van der Waals surface area contributed by atoms with E-state index in [0.29, 0.717) is 6.04 Å². The second-order valence-electron chi connectivity index (χ2n) is 6.42. The predicted molar refractivity (Wildman–Crippen MR) is 77.8 cm³/mol. The number of likely N-dealkylation sites (tertiary alicyclic amines) is 1. The van der Waals surface area contributed by atoms with Crippen LogP contribution in [0, 0.1) is 5.92 Å². The van der Waals surface area contributed by atoms with Gasteiger partial charge in [-0.1, -0.05) is 19.3 Å². The van der Waals surface area contributed by atoms with Crippen LogP contribution in [0.25, 0.3) is 0 Å². The van der Waals surface area contributed by atoms with Crippen LogP contribution in [0.1, 0.15) is 44.9 Å². The predicted octanol–water partition coefficient (Wildman–Crippen LogP) is 1.45. The molecule has 4 heteroatoms. The van der Waals surface area contributed by atoms with E-state index in [1.54, 1.807) is 0 Å². The Morgan fingerprint density at radius 1 is 1.16 bits per heavy atom. The number of hydrogen-bond acceptors (Lipinski definition) is 3. The van der Waals surface area contributed by atoms with Gasteiger partial charge in [0.05, 0.1) is 5.92 Å². The van der Waals surface area contributed by atoms with Gasteiger partial charge in [0.2, 0.25) is 5.91 Å². The molecule has 0 radical (unpaired) electrons. The van der Waals surface area contributed by atoms with Crippen LogP contribution in [0.15, 0.2) is 0 Å². The first kappa shape index (κ1) is 14.8. The van der Waals surface area contributed by atoms with E-state index in [1.807, 2.05) is 11.9 Å². The summed E-state index contributed by atoms with van der Waals surface area (Å²) < 4.78 is 0. The van der Waals surface area contributed by atoms with Crippen molar-refractivity contribution in [1.29, 1.82) is 0 Å². The van der Waals surface area contributed by atoms with Crippen LogP contribution in [0.4, 0.5) is 0 Å². The molecule has 0 aromatic rings. The number of hydrogen-bond donors (Lipinski definition) is 1. The zero-order valence-electron chi connectivity index (χ0n) is 12.5. The summed E-state index contributed by atoms with van der Waals surface area (Å²) in [5.41, 5.74) is 6.22. The highest BCUT2D eigenvalue weighted by molar-refractivity contribution is 5.79. The van der Waals surface area contributed by atoms with Crippen molar-refractivity contribution in [3.05, 3.63) is 0 Å². The highest BCUT2D eigenvalue weighted by atomic mass is 16.2. The molecule has 1 aliphatic carbocycles. The van der Waals surface area contributed by atoms with Crippen LogP contribution in [-0.2, 0) is 4.79 Å². The fraction of sp³-hybridized carbons (Fsp3) is 0.933. The van der Waals surface area contributed by atoms with Gasteiger partial charge in [-0.3, -0.25) is 4.79 Å². The van der Waals surface area contributed by atoms with E-state index in [4.69, 9.17) is 5.73 Å². The SMILES string of the molecule is CN1CCCC(N(C)C(=O)C2CCCCCC2N)C1. The number of piperidine rings is 1. The van der Waals surface area contributed by atoms with Gasteiger partial charge in [0.25, 0.3) is 0 Å². The van der Waals surface area contributed by atoms with E-state index < -0.39 is 0 Å². The van der Waals surface area contributed by atoms with Crippen molar-refractivity contribution in [2.75, 3.05) is 27.2 Å². The highest BCUT2D eigenvalue weighted by Gasteiger charge is 2.32. The average molecular weight is 267 g/mol. The minimum absolute atomic E-state index is 0.0553. The van der Waals surface area contributed by atoms with Gasteiger partial charge < -0.3 is 15.5 Å². The van der Waals surface area contributed by atoms with Crippen molar-refractivity contribution in [2.45, 2.75) is 57.0 Å². The largest absolute Gasteiger partial charge is 0.341 e. The topological polar surface area (TPSA) is 49.6 Å². The molecule has 0 aromatic heterocycles. The number of nitrogens with zero attached hydrogens (tertiary/aromatic N) is 2. The molecule has 0 bridgehead atoms. The lowest BCUT2D eigenvalue weighted by Gasteiger charge is -2.38. The van der Waals surface area contributed by atoms with Gasteiger partial charge in [0.15, 0.2) is 0 Å². The molecule has 0 aromatic carbocycles. The van der Waals surface area contributed by atoms with Crippen LogP contribution in [0.5, 0.6) is 0 Å². The second kappa shape index (κ2) is 6.71. The monoisotopic (exact) mass is 267 g/mol. The smallest absolute Gasteiger partial charge is 0.227 e. The zero-order valence-corrected chi connectivity index (χ0v) is 12.5. The van der Waals surface area contributed by atoms with Crippen LogP contribution < -0.4 is 5.73 Å². The van der Waals surface area contributed by atoms with Gasteiger partial charge in [-0.05, 0) is 39.3 Å². The van der Waals surface area contributed by atoms with E-state index in [0.717, 1.165) is 38.8 Å². The number of carbonyl (C=O) groups excluding carboxylic acids is 1. The quantitative estimate of drug-likeness (QED) is 0.770. The van der Waals surface area contributed by atoms with Crippen molar-refractivity contribution in [3.8, 4) is 0 Å². The van der Waals surface area contributed by atoms with E-state index in [2.05, 4.69) is 11.9 Å². The molecule has 2 N–H and O–H groups in total. The summed E-state index contributed by atoms with van der Waals surface area (Å²) in [4.78, 5) is 17.0. The highest BCUT2D eigenvalue weighted by Crippen LogP contribution is 2.25. The standard InChI is InChI=1S/C15H29N3O/c1-17-10-6-7-12(11-17)18(2)15(19)13-8-4-3-5-9-14(13)16/h12-14H,3-11,16H2,1-2H3. The average Bonchev–Trinajstić information content (AvgIpc) is 2.62. The summed E-state index contributed by atoms with van der Waals surface area (Å²) in [5, 5.41) is 0. The van der Waals surface area contributed by atoms with Gasteiger partial charge in [-0.2, -0.15) is 0 Å². The third kappa shape index (κ3) is 3.69. The Bertz CT molecular complexity index is 308. The van der Waals surface area contributed by atoms with Crippen molar-refractivity contribution < 1.29 is 4.79 Å². The molecule has 1 aliphatic heterocycles. The minimum atomic E-state index is 0.0553. The van der Waals surface area contributed by atoms with Gasteiger partial charge in [-0.15, -0.1) is 0 Å². The maximum Gasteiger partial charge on any atom is 0.227 e. The number of likely N-dealkylation sites (N-methyl/N-ethyl adjacent to an activating group) is 2. The second-order valence-corrected chi connectivity index (χ2v) is 6.42. The Balaban J connectivity index is 1.96. The summed E-state index contributed by atoms with van der Waals surface area (Å²) in [7, 11) is 4.12. The van der Waals surface area contributed by atoms with Gasteiger partial charge in [-0.25, -0.2) is 0 Å². The number of nitrogens with two attached hydrogens (primary N) is 1. The lowest BCUT2D eigenvalue weighted by atomic mass is 9.93. The third-order valence-electron chi connectivity index (χ3n) is 4.88. The first-order chi connectivity index (χ1) is 9.09. The Morgan fingerprint density at radius 3 is 2.63 bits per heavy atom. The van der Waals surface area contributed by atoms with Crippen LogP contribution >= 0.6 is 0 Å². The van der Waals surface area contributed by atoms with Gasteiger partial charge in [0, 0.05) is 25.7 Å². The fourth-order valence-electron chi connectivity index (χ4n) is 3.54. The summed E-state index contributed by atoms with van der Waals surface area (Å²) in [6.45, 7) is 2.16. The number of amides is 1. The Labute approximate surface area is 117 Å². The van der Waals surface area contributed by atoms with Crippen molar-refractivity contribution in [2.24, 2.45) is 11.7 Å². The van der Waals surface area contributed by atoms with E-state index in [-0.39, 0.29) is 17.9 Å². The van der Waals surface area contributed by atoms with Crippen molar-refractivity contribution in [3.63, 3.8) is 0 Å². The molecule has 1 saturated heterocycles. The molecule has 19 heavy (non-hydrogen) atoms. The summed E-state index contributed by atoms with van der Waals surface area (Å²) >= 11 is 0. The molecular weight excluding hydrogens is 238 g/mol. The molecule has 2 aliphatic rings. The van der Waals surface area contributed by atoms with E-state index in [1.165, 1.54) is 19.3 Å². The summed E-state index contributed by atoms with van der Waals surface area (Å²) in [5.74, 6) is 0.342. The van der Waals surface area contributed by atoms with E-state index in [9.17, 15) is 4.79 Å². The number of carbonyl (C=O) groups is 1. The van der Waals surface area contributed by atoms with Crippen molar-refractivity contribution >= 4 is 5.91 Å². The molecule has 3 unspecified atom stereocenters. The first-order valence-electron chi connectivity index (χ1n) is 7.80. The van der Waals surface area contributed by atoms with Gasteiger partial charge >= 0.3 is 0 Å². The molecule has 1 saturated carbocycles. The Morgan fingerprint density at radius 2 is 1.89 bits per heavy atom. The third-order valence-corrected chi connectivity index (χ3v) is 4.88. The van der Waals surface area contributed by atoms with Crippen LogP contribution in [0.3, 0.4) is 0 Å². The Hall–Kier alpha value is -0.610.